The second-order valence-corrected chi connectivity index (χ2v) is 3.37. The zero-order chi connectivity index (χ0) is 10.4. The van der Waals surface area contributed by atoms with Gasteiger partial charge in [0, 0.05) is 20.2 Å². The van der Waals surface area contributed by atoms with Gasteiger partial charge in [-0.1, -0.05) is 0 Å². The number of ether oxygens (including phenoxy) is 2. The van der Waals surface area contributed by atoms with Crippen LogP contribution in [0.2, 0.25) is 0 Å². The number of carbonyl (C=O) groups excluding carboxylic acids is 1. The Morgan fingerprint density at radius 3 is 3.00 bits per heavy atom. The molecule has 0 aromatic heterocycles. The van der Waals surface area contributed by atoms with Gasteiger partial charge in [-0.2, -0.15) is 0 Å². The topological polar surface area (TPSA) is 59.6 Å². The van der Waals surface area contributed by atoms with Crippen LogP contribution in [0.25, 0.3) is 0 Å². The zero-order valence-corrected chi connectivity index (χ0v) is 9.93. The van der Waals surface area contributed by atoms with Gasteiger partial charge in [0.2, 0.25) is 5.91 Å². The van der Waals surface area contributed by atoms with Gasteiger partial charge >= 0.3 is 0 Å². The summed E-state index contributed by atoms with van der Waals surface area (Å²) < 4.78 is 10.2. The Morgan fingerprint density at radius 1 is 1.73 bits per heavy atom. The molecule has 0 aliphatic carbocycles. The van der Waals surface area contributed by atoms with Gasteiger partial charge in [0.15, 0.2) is 0 Å². The van der Waals surface area contributed by atoms with Crippen LogP contribution in [0, 0.1) is 0 Å². The molecular formula is C9H19ClN2O3. The lowest BCUT2D eigenvalue weighted by molar-refractivity contribution is -0.126. The van der Waals surface area contributed by atoms with Crippen molar-refractivity contribution in [2.75, 3.05) is 33.4 Å². The highest BCUT2D eigenvalue weighted by atomic mass is 35.5. The van der Waals surface area contributed by atoms with Gasteiger partial charge in [-0.15, -0.1) is 12.4 Å². The summed E-state index contributed by atoms with van der Waals surface area (Å²) in [5.41, 5.74) is 0. The van der Waals surface area contributed by atoms with E-state index in [2.05, 4.69) is 10.6 Å². The third-order valence-electron chi connectivity index (χ3n) is 2.20. The number of halogens is 1. The molecule has 0 aromatic rings. The Hall–Kier alpha value is -0.360. The van der Waals surface area contributed by atoms with Crippen LogP contribution >= 0.6 is 12.4 Å². The van der Waals surface area contributed by atoms with E-state index in [1.54, 1.807) is 7.11 Å². The van der Waals surface area contributed by atoms with Crippen molar-refractivity contribution in [3.63, 3.8) is 0 Å². The van der Waals surface area contributed by atoms with Gasteiger partial charge in [-0.05, 0) is 6.92 Å². The highest BCUT2D eigenvalue weighted by Gasteiger charge is 2.20. The summed E-state index contributed by atoms with van der Waals surface area (Å²) in [5, 5.41) is 5.88. The van der Waals surface area contributed by atoms with Crippen LogP contribution < -0.4 is 10.6 Å². The van der Waals surface area contributed by atoms with Crippen molar-refractivity contribution in [2.24, 2.45) is 0 Å². The lowest BCUT2D eigenvalue weighted by Gasteiger charge is -2.23. The fraction of sp³-hybridized carbons (Fsp3) is 0.889. The van der Waals surface area contributed by atoms with E-state index in [0.717, 1.165) is 6.54 Å². The minimum absolute atomic E-state index is 0. The summed E-state index contributed by atoms with van der Waals surface area (Å²) in [6, 6.07) is -0.215. The molecular weight excluding hydrogens is 220 g/mol. The van der Waals surface area contributed by atoms with Gasteiger partial charge in [0.25, 0.3) is 0 Å². The van der Waals surface area contributed by atoms with E-state index in [1.165, 1.54) is 0 Å². The van der Waals surface area contributed by atoms with Gasteiger partial charge < -0.3 is 20.1 Å². The Morgan fingerprint density at radius 2 is 2.47 bits per heavy atom. The molecule has 2 N–H and O–H groups in total. The first-order chi connectivity index (χ1) is 6.74. The third kappa shape index (κ3) is 5.32. The van der Waals surface area contributed by atoms with E-state index in [0.29, 0.717) is 19.8 Å². The molecule has 0 aromatic carbocycles. The largest absolute Gasteiger partial charge is 0.380 e. The Kier molecular flexibility index (Phi) is 7.68. The van der Waals surface area contributed by atoms with Crippen LogP contribution in [0.3, 0.4) is 0 Å². The molecule has 1 aliphatic heterocycles. The van der Waals surface area contributed by atoms with Crippen LogP contribution in [0.1, 0.15) is 6.92 Å². The predicted molar refractivity (Wildman–Crippen MR) is 59.3 cm³/mol. The third-order valence-corrected chi connectivity index (χ3v) is 2.20. The first kappa shape index (κ1) is 14.6. The highest BCUT2D eigenvalue weighted by molar-refractivity contribution is 5.85. The fourth-order valence-electron chi connectivity index (χ4n) is 1.18. The van der Waals surface area contributed by atoms with Gasteiger partial charge in [0.1, 0.15) is 6.04 Å². The number of amides is 1. The van der Waals surface area contributed by atoms with Crippen LogP contribution in [0.15, 0.2) is 0 Å². The maximum Gasteiger partial charge on any atom is 0.239 e. The summed E-state index contributed by atoms with van der Waals surface area (Å²) in [6.07, 6.45) is 0.0449. The lowest BCUT2D eigenvalue weighted by atomic mass is 10.2. The van der Waals surface area contributed by atoms with Crippen LogP contribution in [0.5, 0.6) is 0 Å². The van der Waals surface area contributed by atoms with Crippen molar-refractivity contribution >= 4 is 18.3 Å². The minimum atomic E-state index is -0.215. The number of carbonyl (C=O) groups is 1. The number of hydrogen-bond acceptors (Lipinski definition) is 4. The molecule has 1 heterocycles. The van der Waals surface area contributed by atoms with E-state index in [-0.39, 0.29) is 30.5 Å². The van der Waals surface area contributed by atoms with Gasteiger partial charge in [0.05, 0.1) is 19.3 Å². The van der Waals surface area contributed by atoms with E-state index in [4.69, 9.17) is 9.47 Å². The van der Waals surface area contributed by atoms with Gasteiger partial charge in [-0.25, -0.2) is 0 Å². The first-order valence-electron chi connectivity index (χ1n) is 4.85. The van der Waals surface area contributed by atoms with Crippen molar-refractivity contribution in [3.05, 3.63) is 0 Å². The predicted octanol–water partition coefficient (Wildman–Crippen LogP) is -0.452. The molecule has 15 heavy (non-hydrogen) atoms. The molecule has 0 radical (unpaired) electrons. The van der Waals surface area contributed by atoms with Crippen molar-refractivity contribution in [2.45, 2.75) is 19.1 Å². The molecule has 1 rings (SSSR count). The average Bonchev–Trinajstić information content (AvgIpc) is 2.26. The van der Waals surface area contributed by atoms with Gasteiger partial charge in [-0.3, -0.25) is 4.79 Å². The highest BCUT2D eigenvalue weighted by Crippen LogP contribution is 1.93. The average molecular weight is 239 g/mol. The van der Waals surface area contributed by atoms with E-state index >= 15 is 0 Å². The molecule has 0 spiro atoms. The molecule has 1 aliphatic rings. The maximum absolute atomic E-state index is 11.5. The molecule has 90 valence electrons. The van der Waals surface area contributed by atoms with E-state index in [1.807, 2.05) is 6.92 Å². The molecule has 1 fully saturated rings. The fourth-order valence-corrected chi connectivity index (χ4v) is 1.18. The quantitative estimate of drug-likeness (QED) is 0.697. The number of methoxy groups -OCH3 is 1. The summed E-state index contributed by atoms with van der Waals surface area (Å²) in [5.74, 6) is -0.0198. The summed E-state index contributed by atoms with van der Waals surface area (Å²) >= 11 is 0. The second-order valence-electron chi connectivity index (χ2n) is 3.37. The van der Waals surface area contributed by atoms with Crippen LogP contribution in [-0.2, 0) is 14.3 Å². The monoisotopic (exact) mass is 238 g/mol. The summed E-state index contributed by atoms with van der Waals surface area (Å²) in [7, 11) is 1.62. The molecule has 5 nitrogen and oxygen atoms in total. The minimum Gasteiger partial charge on any atom is -0.380 e. The SMILES string of the molecule is COC(C)CNC(=O)C1COCCN1.Cl. The maximum atomic E-state index is 11.5. The molecule has 1 saturated heterocycles. The molecule has 0 bridgehead atoms. The summed E-state index contributed by atoms with van der Waals surface area (Å²) in [4.78, 5) is 11.5. The lowest BCUT2D eigenvalue weighted by Crippen LogP contribution is -2.52. The number of hydrogen-bond donors (Lipinski definition) is 2. The smallest absolute Gasteiger partial charge is 0.239 e. The van der Waals surface area contributed by atoms with Crippen molar-refractivity contribution < 1.29 is 14.3 Å². The van der Waals surface area contributed by atoms with E-state index in [9.17, 15) is 4.79 Å². The standard InChI is InChI=1S/C9H18N2O3.ClH/c1-7(13-2)5-11-9(12)8-6-14-4-3-10-8;/h7-8,10H,3-6H2,1-2H3,(H,11,12);1H. The zero-order valence-electron chi connectivity index (χ0n) is 9.12. The van der Waals surface area contributed by atoms with Crippen molar-refractivity contribution in [1.82, 2.24) is 10.6 Å². The van der Waals surface area contributed by atoms with Crippen LogP contribution in [-0.4, -0.2) is 51.5 Å². The molecule has 1 amide bonds. The van der Waals surface area contributed by atoms with E-state index < -0.39 is 0 Å². The number of rotatable bonds is 4. The second kappa shape index (κ2) is 7.87. The van der Waals surface area contributed by atoms with Crippen LogP contribution in [0.4, 0.5) is 0 Å². The molecule has 0 saturated carbocycles. The molecule has 2 atom stereocenters. The molecule has 6 heteroatoms. The Bertz CT molecular complexity index is 186. The molecule has 2 unspecified atom stereocenters. The number of morpholine rings is 1. The Balaban J connectivity index is 0.00000196. The first-order valence-corrected chi connectivity index (χ1v) is 4.85. The van der Waals surface area contributed by atoms with Crippen molar-refractivity contribution in [3.8, 4) is 0 Å². The van der Waals surface area contributed by atoms with Crippen molar-refractivity contribution in [1.29, 1.82) is 0 Å². The summed E-state index contributed by atoms with van der Waals surface area (Å²) in [6.45, 7) is 4.31. The number of nitrogens with one attached hydrogen (secondary N) is 2. The Labute approximate surface area is 96.3 Å². The normalized spacial score (nSPS) is 22.7.